The second-order valence-electron chi connectivity index (χ2n) is 7.33. The average Bonchev–Trinajstić information content (AvgIpc) is 3.18. The van der Waals surface area contributed by atoms with Crippen molar-refractivity contribution in [3.05, 3.63) is 34.2 Å². The van der Waals surface area contributed by atoms with Gasteiger partial charge >= 0.3 is 6.03 Å². The second-order valence-corrected chi connectivity index (χ2v) is 7.33. The molecule has 1 atom stereocenters. The number of urea groups is 1. The molecule has 2 aliphatic rings. The van der Waals surface area contributed by atoms with Crippen molar-refractivity contribution in [2.45, 2.75) is 51.6 Å². The molecule has 0 aromatic carbocycles. The van der Waals surface area contributed by atoms with Crippen molar-refractivity contribution in [3.8, 4) is 0 Å². The predicted octanol–water partition coefficient (Wildman–Crippen LogP) is 1.52. The number of hydrogen-bond acceptors (Lipinski definition) is 4. The molecule has 0 spiro atoms. The van der Waals surface area contributed by atoms with Crippen LogP contribution in [0.4, 0.5) is 4.79 Å². The third kappa shape index (κ3) is 6.37. The molecule has 2 amide bonds. The zero-order chi connectivity index (χ0) is 20.4. The van der Waals surface area contributed by atoms with E-state index in [0.717, 1.165) is 31.6 Å². The zero-order valence-corrected chi connectivity index (χ0v) is 16.7. The summed E-state index contributed by atoms with van der Waals surface area (Å²) in [4.78, 5) is 37.0. The number of carboxylic acid groups (broad SMARTS) is 1. The van der Waals surface area contributed by atoms with Crippen molar-refractivity contribution >= 4 is 12.5 Å². The predicted molar refractivity (Wildman–Crippen MR) is 108 cm³/mol. The van der Waals surface area contributed by atoms with Gasteiger partial charge in [0.15, 0.2) is 0 Å². The highest BCUT2D eigenvalue weighted by Gasteiger charge is 2.30. The monoisotopic (exact) mass is 392 g/mol. The van der Waals surface area contributed by atoms with Crippen LogP contribution in [0.5, 0.6) is 0 Å². The summed E-state index contributed by atoms with van der Waals surface area (Å²) < 4.78 is 1.76. The van der Waals surface area contributed by atoms with E-state index in [9.17, 15) is 9.59 Å². The van der Waals surface area contributed by atoms with E-state index in [2.05, 4.69) is 10.2 Å². The van der Waals surface area contributed by atoms with Gasteiger partial charge in [0.2, 0.25) is 0 Å². The van der Waals surface area contributed by atoms with Gasteiger partial charge in [-0.15, -0.1) is 0 Å². The van der Waals surface area contributed by atoms with E-state index in [4.69, 9.17) is 9.90 Å². The van der Waals surface area contributed by atoms with Crippen LogP contribution in [-0.2, 0) is 11.3 Å². The van der Waals surface area contributed by atoms with Crippen molar-refractivity contribution in [2.24, 2.45) is 0 Å². The molecule has 8 heteroatoms. The highest BCUT2D eigenvalue weighted by atomic mass is 16.3. The van der Waals surface area contributed by atoms with E-state index in [1.54, 1.807) is 16.7 Å². The van der Waals surface area contributed by atoms with Crippen LogP contribution in [0.1, 0.15) is 37.8 Å². The summed E-state index contributed by atoms with van der Waals surface area (Å²) in [5.41, 5.74) is 0.984. The minimum Gasteiger partial charge on any atom is -0.483 e. The molecule has 0 radical (unpaired) electrons. The van der Waals surface area contributed by atoms with Crippen LogP contribution in [0.25, 0.3) is 0 Å². The van der Waals surface area contributed by atoms with Crippen LogP contribution in [-0.4, -0.2) is 70.7 Å². The number of likely N-dealkylation sites (tertiary alicyclic amines) is 2. The Morgan fingerprint density at radius 1 is 1.25 bits per heavy atom. The van der Waals surface area contributed by atoms with E-state index < -0.39 is 0 Å². The van der Waals surface area contributed by atoms with Crippen LogP contribution in [0, 0.1) is 6.92 Å². The first-order chi connectivity index (χ1) is 13.6. The van der Waals surface area contributed by atoms with Crippen LogP contribution < -0.4 is 10.9 Å². The highest BCUT2D eigenvalue weighted by Crippen LogP contribution is 2.20. The first-order valence-electron chi connectivity index (χ1n) is 10.1. The van der Waals surface area contributed by atoms with E-state index in [1.165, 1.54) is 32.4 Å². The Hall–Kier alpha value is -2.35. The lowest BCUT2D eigenvalue weighted by molar-refractivity contribution is -0.122. The molecule has 3 heterocycles. The SMILES string of the molecule is Cc1cccc(=O)n1CCCNC(=O)N1CCC(N2CCCCC2)C1.O=CO. The summed E-state index contributed by atoms with van der Waals surface area (Å²) in [6.45, 7) is 7.00. The Morgan fingerprint density at radius 2 is 1.96 bits per heavy atom. The number of nitrogens with zero attached hydrogens (tertiary/aromatic N) is 3. The molecule has 0 bridgehead atoms. The standard InChI is InChI=1S/C19H30N4O2.CH2O2/c1-16-7-5-8-18(24)23(16)13-6-10-20-19(25)22-14-9-17(15-22)21-11-3-2-4-12-21;2-1-3/h5,7-8,17H,2-4,6,9-15H2,1H3,(H,20,25);1H,(H,2,3). The number of nitrogens with one attached hydrogen (secondary N) is 1. The van der Waals surface area contributed by atoms with Crippen molar-refractivity contribution in [1.29, 1.82) is 0 Å². The fourth-order valence-corrected chi connectivity index (χ4v) is 3.96. The van der Waals surface area contributed by atoms with Gasteiger partial charge in [-0.05, 0) is 51.8 Å². The number of piperidine rings is 1. The second kappa shape index (κ2) is 11.5. The van der Waals surface area contributed by atoms with Crippen molar-refractivity contribution in [3.63, 3.8) is 0 Å². The number of rotatable bonds is 5. The molecule has 2 N–H and O–H groups in total. The smallest absolute Gasteiger partial charge is 0.317 e. The summed E-state index contributed by atoms with van der Waals surface area (Å²) in [7, 11) is 0. The molecule has 156 valence electrons. The first kappa shape index (κ1) is 21.9. The molecule has 2 saturated heterocycles. The summed E-state index contributed by atoms with van der Waals surface area (Å²) in [6.07, 6.45) is 5.78. The van der Waals surface area contributed by atoms with Crippen molar-refractivity contribution in [2.75, 3.05) is 32.7 Å². The molecule has 28 heavy (non-hydrogen) atoms. The van der Waals surface area contributed by atoms with E-state index in [0.29, 0.717) is 19.1 Å². The van der Waals surface area contributed by atoms with E-state index in [1.807, 2.05) is 17.9 Å². The normalized spacial score (nSPS) is 19.6. The van der Waals surface area contributed by atoms with Crippen LogP contribution in [0.15, 0.2) is 23.0 Å². The molecule has 0 aliphatic carbocycles. The molecule has 1 aromatic heterocycles. The third-order valence-corrected chi connectivity index (χ3v) is 5.46. The quantitative estimate of drug-likeness (QED) is 0.585. The van der Waals surface area contributed by atoms with Crippen molar-refractivity contribution in [1.82, 2.24) is 19.7 Å². The number of carbonyl (C=O) groups excluding carboxylic acids is 1. The van der Waals surface area contributed by atoms with Gasteiger partial charge in [-0.1, -0.05) is 12.5 Å². The Labute approximate surface area is 166 Å². The molecule has 0 saturated carbocycles. The highest BCUT2D eigenvalue weighted by molar-refractivity contribution is 5.74. The lowest BCUT2D eigenvalue weighted by Crippen LogP contribution is -2.44. The van der Waals surface area contributed by atoms with Crippen LogP contribution in [0.2, 0.25) is 0 Å². The zero-order valence-electron chi connectivity index (χ0n) is 16.7. The van der Waals surface area contributed by atoms with Gasteiger partial charge in [-0.3, -0.25) is 14.5 Å². The lowest BCUT2D eigenvalue weighted by atomic mass is 10.1. The average molecular weight is 393 g/mol. The molecule has 2 aliphatic heterocycles. The van der Waals surface area contributed by atoms with Gasteiger partial charge in [0.05, 0.1) is 0 Å². The number of carbonyl (C=O) groups is 2. The van der Waals surface area contributed by atoms with Gasteiger partial charge in [0.1, 0.15) is 0 Å². The minimum atomic E-state index is -0.250. The maximum absolute atomic E-state index is 12.3. The first-order valence-corrected chi connectivity index (χ1v) is 10.1. The maximum Gasteiger partial charge on any atom is 0.317 e. The Bertz CT molecular complexity index is 685. The lowest BCUT2D eigenvalue weighted by Gasteiger charge is -2.32. The maximum atomic E-state index is 12.3. The fraction of sp³-hybridized carbons (Fsp3) is 0.650. The van der Waals surface area contributed by atoms with E-state index >= 15 is 0 Å². The summed E-state index contributed by atoms with van der Waals surface area (Å²) >= 11 is 0. The van der Waals surface area contributed by atoms with Gasteiger partial charge in [0, 0.05) is 44.0 Å². The molecular formula is C20H32N4O4. The van der Waals surface area contributed by atoms with Gasteiger partial charge < -0.3 is 19.9 Å². The number of aryl methyl sites for hydroxylation is 1. The topological polar surface area (TPSA) is 94.9 Å². The number of amides is 2. The largest absolute Gasteiger partial charge is 0.483 e. The van der Waals surface area contributed by atoms with Crippen LogP contribution in [0.3, 0.4) is 0 Å². The molecular weight excluding hydrogens is 360 g/mol. The Morgan fingerprint density at radius 3 is 2.64 bits per heavy atom. The molecule has 3 rings (SSSR count). The third-order valence-electron chi connectivity index (χ3n) is 5.46. The van der Waals surface area contributed by atoms with Gasteiger partial charge in [-0.25, -0.2) is 4.79 Å². The molecule has 1 aromatic rings. The molecule has 2 fully saturated rings. The Balaban J connectivity index is 0.000000878. The summed E-state index contributed by atoms with van der Waals surface area (Å²) in [5.74, 6) is 0. The molecule has 1 unspecified atom stereocenters. The van der Waals surface area contributed by atoms with Crippen LogP contribution >= 0.6 is 0 Å². The van der Waals surface area contributed by atoms with Gasteiger partial charge in [-0.2, -0.15) is 0 Å². The summed E-state index contributed by atoms with van der Waals surface area (Å²) in [5, 5.41) is 9.90. The van der Waals surface area contributed by atoms with Crippen molar-refractivity contribution < 1.29 is 14.7 Å². The molecule has 8 nitrogen and oxygen atoms in total. The Kier molecular flexibility index (Phi) is 9.00. The fourth-order valence-electron chi connectivity index (χ4n) is 3.96. The van der Waals surface area contributed by atoms with Gasteiger partial charge in [0.25, 0.3) is 12.0 Å². The summed E-state index contributed by atoms with van der Waals surface area (Å²) in [6, 6.07) is 5.87. The van der Waals surface area contributed by atoms with E-state index in [-0.39, 0.29) is 18.1 Å². The minimum absolute atomic E-state index is 0.0234. The number of hydrogen-bond donors (Lipinski definition) is 2. The number of pyridine rings is 1. The number of aromatic nitrogens is 1.